The number of pyridine rings is 1. The van der Waals surface area contributed by atoms with Crippen LogP contribution in [0.15, 0.2) is 35.9 Å². The minimum atomic E-state index is -0.839. The van der Waals surface area contributed by atoms with Gasteiger partial charge in [-0.15, -0.1) is 0 Å². The van der Waals surface area contributed by atoms with Crippen LogP contribution in [0, 0.1) is 6.92 Å². The fraction of sp³-hybridized carbons (Fsp3) is 0.250. The zero-order chi connectivity index (χ0) is 13.0. The van der Waals surface area contributed by atoms with Crippen molar-refractivity contribution in [1.29, 1.82) is 0 Å². The first-order valence-corrected chi connectivity index (χ1v) is 6.41. The quantitative estimate of drug-likeness (QED) is 0.833. The highest BCUT2D eigenvalue weighted by molar-refractivity contribution is 7.99. The average Bonchev–Trinajstić information content (AvgIpc) is 2.70. The number of aromatic nitrogens is 3. The summed E-state index contributed by atoms with van der Waals surface area (Å²) in [4.78, 5) is 18.9. The van der Waals surface area contributed by atoms with Crippen molar-refractivity contribution in [3.05, 3.63) is 42.0 Å². The maximum absolute atomic E-state index is 10.6. The molecular weight excluding hydrogens is 250 g/mol. The molecule has 2 aromatic heterocycles. The van der Waals surface area contributed by atoms with E-state index in [2.05, 4.69) is 9.97 Å². The van der Waals surface area contributed by atoms with Gasteiger partial charge in [0.1, 0.15) is 0 Å². The highest BCUT2D eigenvalue weighted by atomic mass is 32.2. The first-order valence-electron chi connectivity index (χ1n) is 5.42. The van der Waals surface area contributed by atoms with Crippen LogP contribution >= 0.6 is 11.8 Å². The van der Waals surface area contributed by atoms with Gasteiger partial charge in [-0.1, -0.05) is 17.8 Å². The largest absolute Gasteiger partial charge is 0.481 e. The fourth-order valence-corrected chi connectivity index (χ4v) is 2.29. The SMILES string of the molecule is Cc1cnc(SCC(=O)O)n1Cc1cccnc1. The predicted molar refractivity (Wildman–Crippen MR) is 68.7 cm³/mol. The van der Waals surface area contributed by atoms with Gasteiger partial charge in [0, 0.05) is 24.3 Å². The summed E-state index contributed by atoms with van der Waals surface area (Å²) in [6.45, 7) is 2.61. The summed E-state index contributed by atoms with van der Waals surface area (Å²) in [6.07, 6.45) is 5.27. The van der Waals surface area contributed by atoms with Crippen LogP contribution in [-0.2, 0) is 11.3 Å². The second-order valence-corrected chi connectivity index (χ2v) is 4.75. The lowest BCUT2D eigenvalue weighted by atomic mass is 10.3. The molecule has 18 heavy (non-hydrogen) atoms. The summed E-state index contributed by atoms with van der Waals surface area (Å²) in [6, 6.07) is 3.86. The molecule has 2 heterocycles. The number of rotatable bonds is 5. The molecular formula is C12H13N3O2S. The van der Waals surface area contributed by atoms with E-state index >= 15 is 0 Å². The van der Waals surface area contributed by atoms with Crippen LogP contribution in [0.2, 0.25) is 0 Å². The molecule has 0 bridgehead atoms. The molecule has 6 heteroatoms. The van der Waals surface area contributed by atoms with E-state index < -0.39 is 5.97 Å². The second-order valence-electron chi connectivity index (χ2n) is 3.81. The van der Waals surface area contributed by atoms with Crippen molar-refractivity contribution in [1.82, 2.24) is 14.5 Å². The van der Waals surface area contributed by atoms with E-state index in [1.165, 1.54) is 11.8 Å². The monoisotopic (exact) mass is 263 g/mol. The van der Waals surface area contributed by atoms with Crippen LogP contribution in [0.4, 0.5) is 0 Å². The van der Waals surface area contributed by atoms with Crippen molar-refractivity contribution in [2.24, 2.45) is 0 Å². The zero-order valence-corrected chi connectivity index (χ0v) is 10.7. The topological polar surface area (TPSA) is 68.0 Å². The highest BCUT2D eigenvalue weighted by Gasteiger charge is 2.10. The summed E-state index contributed by atoms with van der Waals surface area (Å²) in [5.41, 5.74) is 2.07. The first kappa shape index (κ1) is 12.6. The normalized spacial score (nSPS) is 10.5. The van der Waals surface area contributed by atoms with E-state index in [0.717, 1.165) is 16.4 Å². The molecule has 0 aliphatic carbocycles. The summed E-state index contributed by atoms with van der Waals surface area (Å²) >= 11 is 1.23. The Morgan fingerprint density at radius 1 is 1.50 bits per heavy atom. The number of imidazole rings is 1. The van der Waals surface area contributed by atoms with Gasteiger partial charge >= 0.3 is 5.97 Å². The number of thioether (sulfide) groups is 1. The number of hydrogen-bond donors (Lipinski definition) is 1. The minimum Gasteiger partial charge on any atom is -0.481 e. The number of carboxylic acids is 1. The second kappa shape index (κ2) is 5.68. The fourth-order valence-electron chi connectivity index (χ4n) is 1.55. The van der Waals surface area contributed by atoms with Gasteiger partial charge in [0.05, 0.1) is 12.3 Å². The van der Waals surface area contributed by atoms with E-state index in [1.807, 2.05) is 23.6 Å². The molecule has 0 amide bonds. The Morgan fingerprint density at radius 2 is 2.33 bits per heavy atom. The van der Waals surface area contributed by atoms with E-state index in [0.29, 0.717) is 6.54 Å². The number of carboxylic acid groups (broad SMARTS) is 1. The average molecular weight is 263 g/mol. The van der Waals surface area contributed by atoms with Gasteiger partial charge in [-0.25, -0.2) is 4.98 Å². The Kier molecular flexibility index (Phi) is 3.99. The van der Waals surface area contributed by atoms with E-state index in [1.54, 1.807) is 18.6 Å². The van der Waals surface area contributed by atoms with Crippen LogP contribution in [-0.4, -0.2) is 31.4 Å². The Labute approximate surface area is 109 Å². The standard InChI is InChI=1S/C12H13N3O2S/c1-9-5-14-12(18-8-11(16)17)15(9)7-10-3-2-4-13-6-10/h2-6H,7-8H2,1H3,(H,16,17). The molecule has 0 saturated carbocycles. The predicted octanol–water partition coefficient (Wildman–Crippen LogP) is 1.81. The van der Waals surface area contributed by atoms with Crippen LogP contribution < -0.4 is 0 Å². The molecule has 5 nitrogen and oxygen atoms in total. The Bertz CT molecular complexity index is 540. The molecule has 2 aromatic rings. The molecule has 0 unspecified atom stereocenters. The molecule has 0 atom stereocenters. The van der Waals surface area contributed by atoms with Gasteiger partial charge in [-0.05, 0) is 18.6 Å². The number of nitrogens with zero attached hydrogens (tertiary/aromatic N) is 3. The Morgan fingerprint density at radius 3 is 3.00 bits per heavy atom. The third-order valence-corrected chi connectivity index (χ3v) is 3.38. The van der Waals surface area contributed by atoms with E-state index in [-0.39, 0.29) is 5.75 Å². The zero-order valence-electron chi connectivity index (χ0n) is 9.91. The van der Waals surface area contributed by atoms with Gasteiger partial charge < -0.3 is 9.67 Å². The van der Waals surface area contributed by atoms with Gasteiger partial charge in [0.25, 0.3) is 0 Å². The van der Waals surface area contributed by atoms with E-state index in [4.69, 9.17) is 5.11 Å². The minimum absolute atomic E-state index is 0.0174. The van der Waals surface area contributed by atoms with Crippen molar-refractivity contribution in [2.45, 2.75) is 18.6 Å². The Balaban J connectivity index is 2.16. The maximum atomic E-state index is 10.6. The summed E-state index contributed by atoms with van der Waals surface area (Å²) in [5.74, 6) is -0.822. The van der Waals surface area contributed by atoms with Crippen LogP contribution in [0.5, 0.6) is 0 Å². The molecule has 1 N–H and O–H groups in total. The van der Waals surface area contributed by atoms with Crippen molar-refractivity contribution >= 4 is 17.7 Å². The van der Waals surface area contributed by atoms with Gasteiger partial charge in [0.2, 0.25) is 0 Å². The third kappa shape index (κ3) is 3.10. The highest BCUT2D eigenvalue weighted by Crippen LogP contribution is 2.19. The lowest BCUT2D eigenvalue weighted by Gasteiger charge is -2.08. The summed E-state index contributed by atoms with van der Waals surface area (Å²) in [5, 5.41) is 9.42. The smallest absolute Gasteiger partial charge is 0.313 e. The van der Waals surface area contributed by atoms with Crippen molar-refractivity contribution in [3.8, 4) is 0 Å². The molecule has 94 valence electrons. The summed E-state index contributed by atoms with van der Waals surface area (Å²) in [7, 11) is 0. The number of aliphatic carboxylic acids is 1. The number of aryl methyl sites for hydroxylation is 1. The van der Waals surface area contributed by atoms with Crippen LogP contribution in [0.25, 0.3) is 0 Å². The number of hydrogen-bond acceptors (Lipinski definition) is 4. The molecule has 2 rings (SSSR count). The van der Waals surface area contributed by atoms with Gasteiger partial charge in [-0.3, -0.25) is 9.78 Å². The molecule has 0 aliphatic rings. The van der Waals surface area contributed by atoms with Crippen molar-refractivity contribution in [3.63, 3.8) is 0 Å². The molecule has 0 saturated heterocycles. The number of carbonyl (C=O) groups is 1. The molecule has 0 aromatic carbocycles. The third-order valence-electron chi connectivity index (χ3n) is 2.41. The van der Waals surface area contributed by atoms with Crippen molar-refractivity contribution < 1.29 is 9.90 Å². The van der Waals surface area contributed by atoms with Crippen molar-refractivity contribution in [2.75, 3.05) is 5.75 Å². The van der Waals surface area contributed by atoms with Gasteiger partial charge in [-0.2, -0.15) is 0 Å². The van der Waals surface area contributed by atoms with Crippen LogP contribution in [0.3, 0.4) is 0 Å². The summed E-state index contributed by atoms with van der Waals surface area (Å²) < 4.78 is 1.99. The first-order chi connectivity index (χ1) is 8.66. The lowest BCUT2D eigenvalue weighted by Crippen LogP contribution is -2.06. The molecule has 0 fully saturated rings. The lowest BCUT2D eigenvalue weighted by molar-refractivity contribution is -0.133. The van der Waals surface area contributed by atoms with E-state index in [9.17, 15) is 4.79 Å². The van der Waals surface area contributed by atoms with Gasteiger partial charge in [0.15, 0.2) is 5.16 Å². The molecule has 0 spiro atoms. The van der Waals surface area contributed by atoms with Crippen LogP contribution in [0.1, 0.15) is 11.3 Å². The Hall–Kier alpha value is -1.82. The maximum Gasteiger partial charge on any atom is 0.313 e. The molecule has 0 aliphatic heterocycles. The molecule has 0 radical (unpaired) electrons.